The van der Waals surface area contributed by atoms with Crippen molar-refractivity contribution in [3.05, 3.63) is 23.7 Å². The van der Waals surface area contributed by atoms with Gasteiger partial charge in [0.05, 0.1) is 6.04 Å². The lowest BCUT2D eigenvalue weighted by Crippen LogP contribution is -2.31. The van der Waals surface area contributed by atoms with Crippen LogP contribution in [0.3, 0.4) is 0 Å². The molecule has 1 aromatic rings. The number of carbonyl (C=O) groups excluding carboxylic acids is 1. The summed E-state index contributed by atoms with van der Waals surface area (Å²) in [4.78, 5) is 11.2. The molecule has 0 aromatic carbocycles. The summed E-state index contributed by atoms with van der Waals surface area (Å²) in [5.74, 6) is 1.39. The average molecular weight is 216 g/mol. The summed E-state index contributed by atoms with van der Waals surface area (Å²) in [5, 5.41) is 2.22. The molecule has 1 aromatic heterocycles. The molecule has 0 aliphatic heterocycles. The SMILES string of the molecule is Cc1ccc(C(C)NC(=O)C(C)Cl)o1. The molecule has 0 aliphatic rings. The molecule has 1 amide bonds. The number of amides is 1. The maximum atomic E-state index is 11.2. The first-order valence-corrected chi connectivity index (χ1v) is 4.95. The second-order valence-corrected chi connectivity index (χ2v) is 3.95. The van der Waals surface area contributed by atoms with E-state index in [2.05, 4.69) is 5.32 Å². The number of halogens is 1. The predicted molar refractivity (Wildman–Crippen MR) is 55.3 cm³/mol. The van der Waals surface area contributed by atoms with Crippen molar-refractivity contribution in [3.8, 4) is 0 Å². The highest BCUT2D eigenvalue weighted by atomic mass is 35.5. The van der Waals surface area contributed by atoms with Gasteiger partial charge in [-0.25, -0.2) is 0 Å². The van der Waals surface area contributed by atoms with Gasteiger partial charge in [0.2, 0.25) is 5.91 Å². The van der Waals surface area contributed by atoms with Gasteiger partial charge in [0.15, 0.2) is 0 Å². The highest BCUT2D eigenvalue weighted by Gasteiger charge is 2.15. The molecule has 1 rings (SSSR count). The molecule has 0 spiro atoms. The van der Waals surface area contributed by atoms with E-state index in [1.54, 1.807) is 6.92 Å². The molecule has 78 valence electrons. The zero-order chi connectivity index (χ0) is 10.7. The van der Waals surface area contributed by atoms with E-state index in [1.165, 1.54) is 0 Å². The Balaban J connectivity index is 2.59. The fourth-order valence-electron chi connectivity index (χ4n) is 1.09. The van der Waals surface area contributed by atoms with Crippen LogP contribution in [0.4, 0.5) is 0 Å². The van der Waals surface area contributed by atoms with Crippen molar-refractivity contribution in [1.82, 2.24) is 5.32 Å². The van der Waals surface area contributed by atoms with Gasteiger partial charge in [-0.05, 0) is 32.9 Å². The van der Waals surface area contributed by atoms with Crippen LogP contribution in [0.15, 0.2) is 16.5 Å². The van der Waals surface area contributed by atoms with Gasteiger partial charge in [0.25, 0.3) is 0 Å². The van der Waals surface area contributed by atoms with Gasteiger partial charge in [-0.1, -0.05) is 0 Å². The van der Waals surface area contributed by atoms with Gasteiger partial charge in [-0.3, -0.25) is 4.79 Å². The molecule has 2 unspecified atom stereocenters. The smallest absolute Gasteiger partial charge is 0.238 e. The summed E-state index contributed by atoms with van der Waals surface area (Å²) in [7, 11) is 0. The second-order valence-electron chi connectivity index (χ2n) is 3.29. The van der Waals surface area contributed by atoms with E-state index < -0.39 is 5.38 Å². The molecular formula is C10H14ClNO2. The zero-order valence-electron chi connectivity index (χ0n) is 8.50. The van der Waals surface area contributed by atoms with E-state index in [-0.39, 0.29) is 11.9 Å². The Morgan fingerprint density at radius 3 is 2.57 bits per heavy atom. The Labute approximate surface area is 88.4 Å². The van der Waals surface area contributed by atoms with Crippen molar-refractivity contribution < 1.29 is 9.21 Å². The maximum absolute atomic E-state index is 11.2. The molecule has 1 heterocycles. The van der Waals surface area contributed by atoms with Crippen molar-refractivity contribution in [1.29, 1.82) is 0 Å². The summed E-state index contributed by atoms with van der Waals surface area (Å²) >= 11 is 5.62. The van der Waals surface area contributed by atoms with Gasteiger partial charge in [0, 0.05) is 0 Å². The van der Waals surface area contributed by atoms with Crippen LogP contribution >= 0.6 is 11.6 Å². The summed E-state index contributed by atoms with van der Waals surface area (Å²) in [6.07, 6.45) is 0. The number of rotatable bonds is 3. The molecule has 3 nitrogen and oxygen atoms in total. The normalized spacial score (nSPS) is 14.9. The monoisotopic (exact) mass is 215 g/mol. The third kappa shape index (κ3) is 2.77. The minimum absolute atomic E-state index is 0.141. The Hall–Kier alpha value is -0.960. The second kappa shape index (κ2) is 4.51. The summed E-state index contributed by atoms with van der Waals surface area (Å²) in [6, 6.07) is 3.57. The summed E-state index contributed by atoms with van der Waals surface area (Å²) < 4.78 is 5.37. The van der Waals surface area contributed by atoms with Crippen molar-refractivity contribution >= 4 is 17.5 Å². The van der Waals surface area contributed by atoms with Crippen LogP contribution in [0.1, 0.15) is 31.4 Å². The van der Waals surface area contributed by atoms with Crippen molar-refractivity contribution in [2.75, 3.05) is 0 Å². The van der Waals surface area contributed by atoms with E-state index in [9.17, 15) is 4.79 Å². The highest BCUT2D eigenvalue weighted by Crippen LogP contribution is 2.15. The van der Waals surface area contributed by atoms with Crippen LogP contribution in [-0.2, 0) is 4.79 Å². The lowest BCUT2D eigenvalue weighted by atomic mass is 10.2. The summed E-state index contributed by atoms with van der Waals surface area (Å²) in [5.41, 5.74) is 0. The lowest BCUT2D eigenvalue weighted by molar-refractivity contribution is -0.121. The zero-order valence-corrected chi connectivity index (χ0v) is 9.26. The Morgan fingerprint density at radius 1 is 1.50 bits per heavy atom. The fraction of sp³-hybridized carbons (Fsp3) is 0.500. The Bertz CT molecular complexity index is 320. The molecule has 14 heavy (non-hydrogen) atoms. The molecule has 2 atom stereocenters. The van der Waals surface area contributed by atoms with Crippen LogP contribution < -0.4 is 5.32 Å². The van der Waals surface area contributed by atoms with E-state index in [0.717, 1.165) is 11.5 Å². The largest absolute Gasteiger partial charge is 0.464 e. The third-order valence-electron chi connectivity index (χ3n) is 1.91. The van der Waals surface area contributed by atoms with E-state index >= 15 is 0 Å². The van der Waals surface area contributed by atoms with Gasteiger partial charge in [-0.2, -0.15) is 0 Å². The standard InChI is InChI=1S/C10H14ClNO2/c1-6-4-5-9(14-6)8(3)12-10(13)7(2)11/h4-5,7-8H,1-3H3,(H,12,13). The van der Waals surface area contributed by atoms with Crippen LogP contribution in [0.25, 0.3) is 0 Å². The van der Waals surface area contributed by atoms with Gasteiger partial charge in [0.1, 0.15) is 16.9 Å². The number of nitrogens with one attached hydrogen (secondary N) is 1. The molecule has 0 fully saturated rings. The first-order chi connectivity index (χ1) is 6.50. The molecule has 0 bridgehead atoms. The minimum Gasteiger partial charge on any atom is -0.464 e. The fourth-order valence-corrected chi connectivity index (χ4v) is 1.15. The Morgan fingerprint density at radius 2 is 2.14 bits per heavy atom. The maximum Gasteiger partial charge on any atom is 0.238 e. The molecule has 4 heteroatoms. The van der Waals surface area contributed by atoms with Crippen molar-refractivity contribution in [2.24, 2.45) is 0 Å². The van der Waals surface area contributed by atoms with E-state index in [0.29, 0.717) is 0 Å². The first kappa shape index (κ1) is 11.1. The number of aryl methyl sites for hydroxylation is 1. The number of alkyl halides is 1. The quantitative estimate of drug-likeness (QED) is 0.787. The highest BCUT2D eigenvalue weighted by molar-refractivity contribution is 6.30. The van der Waals surface area contributed by atoms with Crippen molar-refractivity contribution in [2.45, 2.75) is 32.2 Å². The minimum atomic E-state index is -0.520. The van der Waals surface area contributed by atoms with Crippen LogP contribution in [0.5, 0.6) is 0 Å². The van der Waals surface area contributed by atoms with Crippen molar-refractivity contribution in [3.63, 3.8) is 0 Å². The lowest BCUT2D eigenvalue weighted by Gasteiger charge is -2.12. The summed E-state index contributed by atoms with van der Waals surface area (Å²) in [6.45, 7) is 5.36. The molecule has 0 aliphatic carbocycles. The van der Waals surface area contributed by atoms with Crippen LogP contribution in [-0.4, -0.2) is 11.3 Å². The number of furan rings is 1. The van der Waals surface area contributed by atoms with Gasteiger partial charge >= 0.3 is 0 Å². The van der Waals surface area contributed by atoms with Gasteiger partial charge < -0.3 is 9.73 Å². The predicted octanol–water partition coefficient (Wildman–Crippen LogP) is 2.39. The molecule has 0 saturated heterocycles. The average Bonchev–Trinajstić information content (AvgIpc) is 2.51. The molecule has 1 N–H and O–H groups in total. The number of hydrogen-bond acceptors (Lipinski definition) is 2. The molecule has 0 radical (unpaired) electrons. The Kier molecular flexibility index (Phi) is 3.58. The number of carbonyl (C=O) groups is 1. The van der Waals surface area contributed by atoms with Crippen LogP contribution in [0.2, 0.25) is 0 Å². The van der Waals surface area contributed by atoms with Crippen LogP contribution in [0, 0.1) is 6.92 Å². The first-order valence-electron chi connectivity index (χ1n) is 4.51. The third-order valence-corrected chi connectivity index (χ3v) is 2.11. The van der Waals surface area contributed by atoms with Gasteiger partial charge in [-0.15, -0.1) is 11.6 Å². The molecular weight excluding hydrogens is 202 g/mol. The topological polar surface area (TPSA) is 42.2 Å². The van der Waals surface area contributed by atoms with E-state index in [1.807, 2.05) is 26.0 Å². The molecule has 0 saturated carbocycles. The van der Waals surface area contributed by atoms with E-state index in [4.69, 9.17) is 16.0 Å². The number of hydrogen-bond donors (Lipinski definition) is 1.